The highest BCUT2D eigenvalue weighted by Crippen LogP contribution is 2.18. The Hall–Kier alpha value is -2.82. The molecule has 0 aliphatic rings. The first-order valence-electron chi connectivity index (χ1n) is 7.25. The number of carbonyl (C=O) groups excluding carboxylic acids is 1. The number of para-hydroxylation sites is 1. The van der Waals surface area contributed by atoms with Crippen LogP contribution in [0.15, 0.2) is 47.6 Å². The van der Waals surface area contributed by atoms with Gasteiger partial charge in [-0.2, -0.15) is 5.10 Å². The Morgan fingerprint density at radius 1 is 1.17 bits per heavy atom. The molecule has 120 valence electrons. The van der Waals surface area contributed by atoms with Crippen LogP contribution in [0.3, 0.4) is 0 Å². The third-order valence-electron chi connectivity index (χ3n) is 3.22. The third kappa shape index (κ3) is 4.85. The molecule has 0 aliphatic carbocycles. The number of nitrogens with zero attached hydrogens (tertiary/aromatic N) is 1. The number of nitrogens with one attached hydrogen (secondary N) is 1. The molecule has 0 aliphatic heterocycles. The predicted octanol–water partition coefficient (Wildman–Crippen LogP) is 2.84. The molecule has 0 bridgehead atoms. The van der Waals surface area contributed by atoms with Crippen LogP contribution in [0.5, 0.6) is 11.5 Å². The van der Waals surface area contributed by atoms with E-state index in [9.17, 15) is 4.79 Å². The molecular weight excluding hydrogens is 292 g/mol. The van der Waals surface area contributed by atoms with Gasteiger partial charge in [-0.1, -0.05) is 29.8 Å². The van der Waals surface area contributed by atoms with Crippen LogP contribution in [0.1, 0.15) is 16.7 Å². The van der Waals surface area contributed by atoms with Crippen LogP contribution in [0.25, 0.3) is 0 Å². The van der Waals surface area contributed by atoms with Crippen molar-refractivity contribution in [3.8, 4) is 11.5 Å². The van der Waals surface area contributed by atoms with Gasteiger partial charge in [-0.25, -0.2) is 5.43 Å². The van der Waals surface area contributed by atoms with Crippen LogP contribution in [0.2, 0.25) is 0 Å². The molecule has 0 atom stereocenters. The molecule has 1 N–H and O–H groups in total. The molecule has 2 rings (SSSR count). The van der Waals surface area contributed by atoms with Crippen LogP contribution in [-0.2, 0) is 4.79 Å². The van der Waals surface area contributed by atoms with E-state index in [1.165, 1.54) is 6.21 Å². The lowest BCUT2D eigenvalue weighted by Crippen LogP contribution is -2.24. The van der Waals surface area contributed by atoms with Crippen LogP contribution in [-0.4, -0.2) is 25.8 Å². The van der Waals surface area contributed by atoms with Crippen LogP contribution in [0.4, 0.5) is 0 Å². The summed E-state index contributed by atoms with van der Waals surface area (Å²) in [6, 6.07) is 13.2. The third-order valence-corrected chi connectivity index (χ3v) is 3.22. The minimum absolute atomic E-state index is 0.0901. The van der Waals surface area contributed by atoms with Gasteiger partial charge in [0.2, 0.25) is 0 Å². The number of methoxy groups -OCH3 is 1. The summed E-state index contributed by atoms with van der Waals surface area (Å²) in [7, 11) is 1.59. The Balaban J connectivity index is 1.86. The first-order chi connectivity index (χ1) is 11.1. The van der Waals surface area contributed by atoms with Gasteiger partial charge in [0.15, 0.2) is 6.61 Å². The molecule has 23 heavy (non-hydrogen) atoms. The molecular formula is C18H20N2O3. The van der Waals surface area contributed by atoms with Gasteiger partial charge in [-0.05, 0) is 37.6 Å². The van der Waals surface area contributed by atoms with Crippen molar-refractivity contribution in [1.82, 2.24) is 5.43 Å². The maximum absolute atomic E-state index is 11.8. The van der Waals surface area contributed by atoms with Gasteiger partial charge in [-0.15, -0.1) is 0 Å². The molecule has 0 fully saturated rings. The van der Waals surface area contributed by atoms with Gasteiger partial charge in [-0.3, -0.25) is 4.79 Å². The molecule has 5 nitrogen and oxygen atoms in total. The van der Waals surface area contributed by atoms with Crippen molar-refractivity contribution in [1.29, 1.82) is 0 Å². The van der Waals surface area contributed by atoms with E-state index < -0.39 is 0 Å². The second-order valence-corrected chi connectivity index (χ2v) is 5.09. The molecule has 1 amide bonds. The number of carbonyl (C=O) groups is 1. The van der Waals surface area contributed by atoms with E-state index >= 15 is 0 Å². The van der Waals surface area contributed by atoms with Gasteiger partial charge in [0.05, 0.1) is 13.3 Å². The Labute approximate surface area is 135 Å². The van der Waals surface area contributed by atoms with Gasteiger partial charge in [0.1, 0.15) is 11.5 Å². The van der Waals surface area contributed by atoms with Crippen molar-refractivity contribution in [3.63, 3.8) is 0 Å². The zero-order valence-corrected chi connectivity index (χ0v) is 13.5. The molecule has 2 aromatic carbocycles. The number of hydrogen-bond acceptors (Lipinski definition) is 4. The number of benzene rings is 2. The zero-order chi connectivity index (χ0) is 16.7. The van der Waals surface area contributed by atoms with Gasteiger partial charge >= 0.3 is 0 Å². The number of amides is 1. The highest BCUT2D eigenvalue weighted by atomic mass is 16.5. The van der Waals surface area contributed by atoms with Gasteiger partial charge in [0, 0.05) is 5.56 Å². The van der Waals surface area contributed by atoms with Crippen LogP contribution >= 0.6 is 0 Å². The Morgan fingerprint density at radius 2 is 1.96 bits per heavy atom. The maximum atomic E-state index is 11.8. The van der Waals surface area contributed by atoms with Crippen molar-refractivity contribution in [3.05, 3.63) is 59.2 Å². The summed E-state index contributed by atoms with van der Waals surface area (Å²) in [5.41, 5.74) is 5.37. The van der Waals surface area contributed by atoms with Gasteiger partial charge < -0.3 is 9.47 Å². The van der Waals surface area contributed by atoms with E-state index in [4.69, 9.17) is 9.47 Å². The summed E-state index contributed by atoms with van der Waals surface area (Å²) in [6.07, 6.45) is 1.54. The number of aryl methyl sites for hydroxylation is 2. The SMILES string of the molecule is COc1ccccc1C=NNC(=O)COc1ccc(C)cc1C. The number of hydrogen-bond donors (Lipinski definition) is 1. The molecule has 5 heteroatoms. The van der Waals surface area contributed by atoms with E-state index in [0.29, 0.717) is 11.5 Å². The quantitative estimate of drug-likeness (QED) is 0.659. The van der Waals surface area contributed by atoms with Crippen LogP contribution < -0.4 is 14.9 Å². The van der Waals surface area contributed by atoms with Crippen molar-refractivity contribution in [2.75, 3.05) is 13.7 Å². The summed E-state index contributed by atoms with van der Waals surface area (Å²) in [6.45, 7) is 3.86. The van der Waals surface area contributed by atoms with Crippen molar-refractivity contribution >= 4 is 12.1 Å². The fraction of sp³-hybridized carbons (Fsp3) is 0.222. The Morgan fingerprint density at radius 3 is 2.70 bits per heavy atom. The summed E-state index contributed by atoms with van der Waals surface area (Å²) >= 11 is 0. The van der Waals surface area contributed by atoms with E-state index in [2.05, 4.69) is 10.5 Å². The minimum Gasteiger partial charge on any atom is -0.496 e. The molecule has 0 saturated heterocycles. The van der Waals surface area contributed by atoms with E-state index in [1.807, 2.05) is 56.3 Å². The topological polar surface area (TPSA) is 59.9 Å². The second kappa shape index (κ2) is 7.98. The standard InChI is InChI=1S/C18H20N2O3/c1-13-8-9-16(14(2)10-13)23-12-18(21)20-19-11-15-6-4-5-7-17(15)22-3/h4-11H,12H2,1-3H3,(H,20,21). The highest BCUT2D eigenvalue weighted by molar-refractivity contribution is 5.85. The number of rotatable bonds is 6. The first kappa shape index (κ1) is 16.5. The monoisotopic (exact) mass is 312 g/mol. The lowest BCUT2D eigenvalue weighted by molar-refractivity contribution is -0.123. The smallest absolute Gasteiger partial charge is 0.277 e. The molecule has 0 saturated carbocycles. The van der Waals surface area contributed by atoms with Gasteiger partial charge in [0.25, 0.3) is 5.91 Å². The lowest BCUT2D eigenvalue weighted by Gasteiger charge is -2.08. The number of ether oxygens (including phenoxy) is 2. The zero-order valence-electron chi connectivity index (χ0n) is 13.5. The summed E-state index contributed by atoms with van der Waals surface area (Å²) < 4.78 is 10.7. The summed E-state index contributed by atoms with van der Waals surface area (Å²) in [4.78, 5) is 11.8. The number of hydrazone groups is 1. The fourth-order valence-corrected chi connectivity index (χ4v) is 2.08. The lowest BCUT2D eigenvalue weighted by atomic mass is 10.1. The predicted molar refractivity (Wildman–Crippen MR) is 90.1 cm³/mol. The van der Waals surface area contributed by atoms with E-state index in [1.54, 1.807) is 7.11 Å². The largest absolute Gasteiger partial charge is 0.496 e. The fourth-order valence-electron chi connectivity index (χ4n) is 2.08. The Bertz CT molecular complexity index is 711. The summed E-state index contributed by atoms with van der Waals surface area (Å²) in [5, 5.41) is 3.91. The highest BCUT2D eigenvalue weighted by Gasteiger charge is 2.04. The molecule has 0 aromatic heterocycles. The van der Waals surface area contributed by atoms with Crippen molar-refractivity contribution in [2.45, 2.75) is 13.8 Å². The molecule has 0 radical (unpaired) electrons. The normalized spacial score (nSPS) is 10.6. The Kier molecular flexibility index (Phi) is 5.74. The first-order valence-corrected chi connectivity index (χ1v) is 7.25. The molecule has 0 heterocycles. The molecule has 0 spiro atoms. The minimum atomic E-state index is -0.323. The molecule has 0 unspecified atom stereocenters. The average Bonchev–Trinajstić information content (AvgIpc) is 2.54. The van der Waals surface area contributed by atoms with E-state index in [-0.39, 0.29) is 12.5 Å². The summed E-state index contributed by atoms with van der Waals surface area (Å²) in [5.74, 6) is 1.06. The maximum Gasteiger partial charge on any atom is 0.277 e. The second-order valence-electron chi connectivity index (χ2n) is 5.09. The van der Waals surface area contributed by atoms with Crippen molar-refractivity contribution in [2.24, 2.45) is 5.10 Å². The average molecular weight is 312 g/mol. The van der Waals surface area contributed by atoms with Crippen LogP contribution in [0, 0.1) is 13.8 Å². The van der Waals surface area contributed by atoms with E-state index in [0.717, 1.165) is 16.7 Å². The van der Waals surface area contributed by atoms with Crippen molar-refractivity contribution < 1.29 is 14.3 Å². The molecule has 2 aromatic rings.